The maximum atomic E-state index is 11.8. The van der Waals surface area contributed by atoms with Gasteiger partial charge < -0.3 is 13.4 Å². The van der Waals surface area contributed by atoms with Gasteiger partial charge in [-0.1, -0.05) is 35.5 Å². The predicted octanol–water partition coefficient (Wildman–Crippen LogP) is 2.80. The summed E-state index contributed by atoms with van der Waals surface area (Å²) < 4.78 is 16.6. The molecule has 0 atom stereocenters. The van der Waals surface area contributed by atoms with Gasteiger partial charge in [-0.3, -0.25) is 0 Å². The standard InChI is InChI=1S/C16H11N3O4/c20-16-19(17-15(22-16)14-7-4-8-21-14)10-12-9-13(18-23-12)11-5-2-1-3-6-11/h1-9H,10H2. The molecule has 0 aliphatic rings. The first-order chi connectivity index (χ1) is 11.3. The van der Waals surface area contributed by atoms with E-state index in [0.29, 0.717) is 17.2 Å². The van der Waals surface area contributed by atoms with Crippen LogP contribution in [0.1, 0.15) is 5.76 Å². The lowest BCUT2D eigenvalue weighted by Gasteiger charge is -1.92. The van der Waals surface area contributed by atoms with Gasteiger partial charge in [0.25, 0.3) is 5.89 Å². The zero-order valence-electron chi connectivity index (χ0n) is 11.9. The maximum absolute atomic E-state index is 11.8. The molecule has 0 amide bonds. The van der Waals surface area contributed by atoms with Gasteiger partial charge in [-0.2, -0.15) is 4.68 Å². The van der Waals surface area contributed by atoms with Gasteiger partial charge >= 0.3 is 5.76 Å². The van der Waals surface area contributed by atoms with Crippen molar-refractivity contribution >= 4 is 0 Å². The molecule has 0 bridgehead atoms. The molecule has 0 fully saturated rings. The summed E-state index contributed by atoms with van der Waals surface area (Å²) in [4.78, 5) is 11.8. The maximum Gasteiger partial charge on any atom is 0.437 e. The Bertz CT molecular complexity index is 964. The fraction of sp³-hybridized carbons (Fsp3) is 0.0625. The Balaban J connectivity index is 1.60. The van der Waals surface area contributed by atoms with Crippen LogP contribution in [-0.2, 0) is 6.54 Å². The van der Waals surface area contributed by atoms with Gasteiger partial charge in [-0.25, -0.2) is 4.79 Å². The zero-order valence-corrected chi connectivity index (χ0v) is 11.9. The molecular weight excluding hydrogens is 298 g/mol. The number of hydrogen-bond donors (Lipinski definition) is 0. The fourth-order valence-corrected chi connectivity index (χ4v) is 2.19. The molecule has 7 heteroatoms. The van der Waals surface area contributed by atoms with Crippen LogP contribution in [0, 0.1) is 0 Å². The number of hydrogen-bond acceptors (Lipinski definition) is 6. The van der Waals surface area contributed by atoms with Gasteiger partial charge in [-0.05, 0) is 12.1 Å². The van der Waals surface area contributed by atoms with E-state index < -0.39 is 5.76 Å². The zero-order chi connectivity index (χ0) is 15.6. The number of aromatic nitrogens is 3. The second kappa shape index (κ2) is 5.45. The van der Waals surface area contributed by atoms with E-state index in [9.17, 15) is 4.79 Å². The average molecular weight is 309 g/mol. The van der Waals surface area contributed by atoms with E-state index in [-0.39, 0.29) is 12.4 Å². The summed E-state index contributed by atoms with van der Waals surface area (Å²) in [5.41, 5.74) is 1.63. The van der Waals surface area contributed by atoms with Crippen LogP contribution in [0.3, 0.4) is 0 Å². The molecule has 0 N–H and O–H groups in total. The van der Waals surface area contributed by atoms with Crippen LogP contribution in [0.5, 0.6) is 0 Å². The van der Waals surface area contributed by atoms with Crippen LogP contribution >= 0.6 is 0 Å². The monoisotopic (exact) mass is 309 g/mol. The number of furan rings is 1. The lowest BCUT2D eigenvalue weighted by atomic mass is 10.1. The molecule has 1 aromatic carbocycles. The molecule has 3 aromatic heterocycles. The molecule has 114 valence electrons. The Kier molecular flexibility index (Phi) is 3.16. The molecule has 7 nitrogen and oxygen atoms in total. The van der Waals surface area contributed by atoms with Crippen molar-refractivity contribution in [1.82, 2.24) is 14.9 Å². The summed E-state index contributed by atoms with van der Waals surface area (Å²) in [6.45, 7) is 0.128. The minimum absolute atomic E-state index is 0.128. The van der Waals surface area contributed by atoms with Gasteiger partial charge in [0.05, 0.1) is 6.26 Å². The van der Waals surface area contributed by atoms with E-state index in [1.165, 1.54) is 6.26 Å². The van der Waals surface area contributed by atoms with Crippen molar-refractivity contribution < 1.29 is 13.4 Å². The predicted molar refractivity (Wildman–Crippen MR) is 79.5 cm³/mol. The molecule has 23 heavy (non-hydrogen) atoms. The van der Waals surface area contributed by atoms with Crippen molar-refractivity contribution in [2.45, 2.75) is 6.54 Å². The van der Waals surface area contributed by atoms with Crippen LogP contribution in [0.15, 0.2) is 72.9 Å². The van der Waals surface area contributed by atoms with Crippen molar-refractivity contribution in [1.29, 1.82) is 0 Å². The van der Waals surface area contributed by atoms with E-state index in [4.69, 9.17) is 13.4 Å². The summed E-state index contributed by atoms with van der Waals surface area (Å²) in [6.07, 6.45) is 1.48. The molecule has 0 aliphatic heterocycles. The topological polar surface area (TPSA) is 87.2 Å². The van der Waals surface area contributed by atoms with Crippen molar-refractivity contribution in [3.8, 4) is 22.9 Å². The number of benzene rings is 1. The lowest BCUT2D eigenvalue weighted by molar-refractivity contribution is 0.367. The summed E-state index contributed by atoms with van der Waals surface area (Å²) in [5, 5.41) is 8.09. The largest absolute Gasteiger partial charge is 0.459 e. The summed E-state index contributed by atoms with van der Waals surface area (Å²) in [6, 6.07) is 14.7. The Morgan fingerprint density at radius 2 is 1.96 bits per heavy atom. The Morgan fingerprint density at radius 3 is 2.74 bits per heavy atom. The quantitative estimate of drug-likeness (QED) is 0.576. The summed E-state index contributed by atoms with van der Waals surface area (Å²) >= 11 is 0. The molecule has 0 aliphatic carbocycles. The first-order valence-electron chi connectivity index (χ1n) is 6.92. The highest BCUT2D eigenvalue weighted by atomic mass is 16.5. The van der Waals surface area contributed by atoms with E-state index in [2.05, 4.69) is 10.3 Å². The molecule has 4 aromatic rings. The molecule has 4 rings (SSSR count). The van der Waals surface area contributed by atoms with E-state index in [1.807, 2.05) is 30.3 Å². The smallest absolute Gasteiger partial charge is 0.437 e. The fourth-order valence-electron chi connectivity index (χ4n) is 2.19. The highest BCUT2D eigenvalue weighted by molar-refractivity contribution is 5.58. The minimum Gasteiger partial charge on any atom is -0.459 e. The van der Waals surface area contributed by atoms with Crippen molar-refractivity contribution in [2.24, 2.45) is 0 Å². The van der Waals surface area contributed by atoms with E-state index in [1.54, 1.807) is 18.2 Å². The summed E-state index contributed by atoms with van der Waals surface area (Å²) in [7, 11) is 0. The van der Waals surface area contributed by atoms with E-state index in [0.717, 1.165) is 10.2 Å². The lowest BCUT2D eigenvalue weighted by Crippen LogP contribution is -2.16. The molecule has 0 saturated carbocycles. The van der Waals surface area contributed by atoms with Crippen LogP contribution in [-0.4, -0.2) is 14.9 Å². The van der Waals surface area contributed by atoms with Gasteiger partial charge in [0.15, 0.2) is 11.5 Å². The average Bonchev–Trinajstić information content (AvgIpc) is 3.31. The Labute approximate surface area is 129 Å². The molecule has 0 saturated heterocycles. The molecule has 0 unspecified atom stereocenters. The van der Waals surface area contributed by atoms with Gasteiger partial charge in [0, 0.05) is 11.6 Å². The number of rotatable bonds is 4. The van der Waals surface area contributed by atoms with Crippen molar-refractivity contribution in [3.05, 3.63) is 71.1 Å². The molecule has 0 spiro atoms. The third-order valence-corrected chi connectivity index (χ3v) is 3.27. The Hall–Kier alpha value is -3.35. The SMILES string of the molecule is O=c1oc(-c2ccco2)nn1Cc1cc(-c2ccccc2)no1. The first kappa shape index (κ1) is 13.3. The minimum atomic E-state index is -0.589. The Morgan fingerprint density at radius 1 is 1.09 bits per heavy atom. The number of nitrogens with zero attached hydrogens (tertiary/aromatic N) is 3. The van der Waals surface area contributed by atoms with Crippen molar-refractivity contribution in [3.63, 3.8) is 0 Å². The van der Waals surface area contributed by atoms with E-state index >= 15 is 0 Å². The molecular formula is C16H11N3O4. The second-order valence-corrected chi connectivity index (χ2v) is 4.85. The van der Waals surface area contributed by atoms with Gasteiger partial charge in [0.1, 0.15) is 12.2 Å². The van der Waals surface area contributed by atoms with Crippen LogP contribution in [0.25, 0.3) is 22.9 Å². The normalized spacial score (nSPS) is 11.0. The van der Waals surface area contributed by atoms with Crippen molar-refractivity contribution in [2.75, 3.05) is 0 Å². The van der Waals surface area contributed by atoms with Gasteiger partial charge in [0.2, 0.25) is 0 Å². The molecule has 0 radical (unpaired) electrons. The summed E-state index contributed by atoms with van der Waals surface area (Å²) in [5.74, 6) is 0.436. The second-order valence-electron chi connectivity index (χ2n) is 4.85. The molecule has 3 heterocycles. The van der Waals surface area contributed by atoms with Crippen LogP contribution in [0.4, 0.5) is 0 Å². The van der Waals surface area contributed by atoms with Crippen LogP contribution in [0.2, 0.25) is 0 Å². The highest BCUT2D eigenvalue weighted by Crippen LogP contribution is 2.19. The first-order valence-corrected chi connectivity index (χ1v) is 6.92. The third kappa shape index (κ3) is 2.59. The highest BCUT2D eigenvalue weighted by Gasteiger charge is 2.15. The van der Waals surface area contributed by atoms with Gasteiger partial charge in [-0.15, -0.1) is 5.10 Å². The van der Waals surface area contributed by atoms with Crippen LogP contribution < -0.4 is 5.76 Å². The third-order valence-electron chi connectivity index (χ3n) is 3.27.